The fourth-order valence-electron chi connectivity index (χ4n) is 1.51. The van der Waals surface area contributed by atoms with E-state index in [4.69, 9.17) is 15.2 Å². The summed E-state index contributed by atoms with van der Waals surface area (Å²) in [6, 6.07) is 11.0. The third-order valence-corrected chi connectivity index (χ3v) is 4.08. The Bertz CT molecular complexity index is 585. The number of hydrogen-bond acceptors (Lipinski definition) is 5. The first kappa shape index (κ1) is 14.9. The van der Waals surface area contributed by atoms with Gasteiger partial charge < -0.3 is 15.2 Å². The number of ether oxygens (including phenoxy) is 2. The van der Waals surface area contributed by atoms with Crippen LogP contribution in [0.4, 0.5) is 5.69 Å². The van der Waals surface area contributed by atoms with Crippen LogP contribution >= 0.6 is 27.3 Å². The van der Waals surface area contributed by atoms with Crippen LogP contribution in [0.3, 0.4) is 0 Å². The lowest BCUT2D eigenvalue weighted by Gasteiger charge is -2.08. The number of thiophene rings is 1. The molecule has 4 nitrogen and oxygen atoms in total. The van der Waals surface area contributed by atoms with Gasteiger partial charge in [0.1, 0.15) is 12.4 Å². The molecule has 0 amide bonds. The molecule has 6 heteroatoms. The zero-order chi connectivity index (χ0) is 14.4. The average Bonchev–Trinajstić information content (AvgIpc) is 2.84. The van der Waals surface area contributed by atoms with Gasteiger partial charge in [0.15, 0.2) is 0 Å². The Hall–Kier alpha value is -1.53. The molecule has 1 heterocycles. The van der Waals surface area contributed by atoms with E-state index in [1.165, 1.54) is 0 Å². The zero-order valence-corrected chi connectivity index (χ0v) is 13.1. The van der Waals surface area contributed by atoms with E-state index in [9.17, 15) is 4.79 Å². The molecule has 0 aliphatic carbocycles. The van der Waals surface area contributed by atoms with Crippen LogP contribution < -0.4 is 10.5 Å². The van der Waals surface area contributed by atoms with Crippen molar-refractivity contribution in [3.8, 4) is 5.75 Å². The first-order chi connectivity index (χ1) is 9.65. The second-order valence-corrected chi connectivity index (χ2v) is 6.55. The summed E-state index contributed by atoms with van der Waals surface area (Å²) in [5, 5.41) is 0. The van der Waals surface area contributed by atoms with Crippen LogP contribution in [0.15, 0.2) is 40.2 Å². The van der Waals surface area contributed by atoms with Crippen molar-refractivity contribution in [3.63, 3.8) is 0 Å². The summed E-state index contributed by atoms with van der Waals surface area (Å²) in [7, 11) is 0. The van der Waals surface area contributed by atoms with E-state index in [0.29, 0.717) is 18.0 Å². The number of rotatable bonds is 6. The second-order valence-electron chi connectivity index (χ2n) is 4.00. The van der Waals surface area contributed by atoms with Crippen molar-refractivity contribution < 1.29 is 14.3 Å². The Balaban J connectivity index is 1.69. The Kier molecular flexibility index (Phi) is 5.43. The van der Waals surface area contributed by atoms with Crippen LogP contribution in [0.2, 0.25) is 0 Å². The number of halogens is 1. The Morgan fingerprint density at radius 2 is 2.05 bits per heavy atom. The van der Waals surface area contributed by atoms with Crippen molar-refractivity contribution in [3.05, 3.63) is 45.1 Å². The highest BCUT2D eigenvalue weighted by Gasteiger charge is 2.06. The lowest BCUT2D eigenvalue weighted by molar-refractivity contribution is -0.145. The quantitative estimate of drug-likeness (QED) is 0.635. The molecule has 20 heavy (non-hydrogen) atoms. The smallest absolute Gasteiger partial charge is 0.309 e. The van der Waals surface area contributed by atoms with Gasteiger partial charge in [0, 0.05) is 4.88 Å². The molecule has 0 radical (unpaired) electrons. The fourth-order valence-corrected chi connectivity index (χ4v) is 2.91. The van der Waals surface area contributed by atoms with Gasteiger partial charge >= 0.3 is 5.97 Å². The predicted molar refractivity (Wildman–Crippen MR) is 82.8 cm³/mol. The highest BCUT2D eigenvalue weighted by molar-refractivity contribution is 9.11. The third-order valence-electron chi connectivity index (χ3n) is 2.49. The van der Waals surface area contributed by atoms with E-state index in [0.717, 1.165) is 8.66 Å². The minimum Gasteiger partial charge on any atom is -0.491 e. The van der Waals surface area contributed by atoms with Crippen LogP contribution in [0.25, 0.3) is 0 Å². The summed E-state index contributed by atoms with van der Waals surface area (Å²) in [4.78, 5) is 12.6. The molecule has 2 aromatic rings. The van der Waals surface area contributed by atoms with Crippen molar-refractivity contribution in [1.82, 2.24) is 0 Å². The molecular weight excluding hydrogens is 342 g/mol. The molecule has 0 saturated carbocycles. The third kappa shape index (κ3) is 4.54. The van der Waals surface area contributed by atoms with Gasteiger partial charge in [-0.25, -0.2) is 0 Å². The van der Waals surface area contributed by atoms with Crippen LogP contribution in [0.1, 0.15) is 11.3 Å². The molecule has 2 rings (SSSR count). The lowest BCUT2D eigenvalue weighted by atomic mass is 10.3. The molecular formula is C14H14BrNO3S. The van der Waals surface area contributed by atoms with Gasteiger partial charge in [-0.1, -0.05) is 12.1 Å². The van der Waals surface area contributed by atoms with Crippen molar-refractivity contribution >= 4 is 38.9 Å². The first-order valence-corrected chi connectivity index (χ1v) is 7.63. The van der Waals surface area contributed by atoms with Crippen LogP contribution in [0, 0.1) is 0 Å². The molecule has 0 atom stereocenters. The molecule has 106 valence electrons. The average molecular weight is 356 g/mol. The van der Waals surface area contributed by atoms with Gasteiger partial charge in [-0.05, 0) is 40.2 Å². The summed E-state index contributed by atoms with van der Waals surface area (Å²) >= 11 is 4.90. The zero-order valence-electron chi connectivity index (χ0n) is 10.7. The van der Waals surface area contributed by atoms with Crippen LogP contribution in [0.5, 0.6) is 5.75 Å². The number of carbonyl (C=O) groups is 1. The van der Waals surface area contributed by atoms with E-state index in [1.807, 2.05) is 24.3 Å². The maximum absolute atomic E-state index is 11.6. The topological polar surface area (TPSA) is 61.5 Å². The van der Waals surface area contributed by atoms with Crippen molar-refractivity contribution in [2.45, 2.75) is 13.0 Å². The second kappa shape index (κ2) is 7.31. The summed E-state index contributed by atoms with van der Waals surface area (Å²) in [5.74, 6) is 0.298. The number of esters is 1. The van der Waals surface area contributed by atoms with Crippen molar-refractivity contribution in [2.75, 3.05) is 12.3 Å². The van der Waals surface area contributed by atoms with Crippen LogP contribution in [-0.4, -0.2) is 12.6 Å². The predicted octanol–water partition coefficient (Wildman–Crippen LogP) is 3.61. The summed E-state index contributed by atoms with van der Waals surface area (Å²) in [6.07, 6.45) is 0.195. The minimum absolute atomic E-state index is 0.195. The fraction of sp³-hybridized carbons (Fsp3) is 0.214. The molecule has 0 saturated heterocycles. The molecule has 0 bridgehead atoms. The normalized spacial score (nSPS) is 10.2. The largest absolute Gasteiger partial charge is 0.491 e. The summed E-state index contributed by atoms with van der Waals surface area (Å²) in [5.41, 5.74) is 6.29. The van der Waals surface area contributed by atoms with Crippen molar-refractivity contribution in [2.24, 2.45) is 0 Å². The van der Waals surface area contributed by atoms with E-state index in [2.05, 4.69) is 15.9 Å². The first-order valence-electron chi connectivity index (χ1n) is 6.02. The molecule has 0 aliphatic rings. The number of anilines is 1. The number of benzene rings is 1. The molecule has 1 aromatic heterocycles. The SMILES string of the molecule is Nc1ccccc1OCCC(=O)OCc1ccc(Br)s1. The molecule has 0 spiro atoms. The van der Waals surface area contributed by atoms with Gasteiger partial charge in [0.05, 0.1) is 22.5 Å². The highest BCUT2D eigenvalue weighted by atomic mass is 79.9. The van der Waals surface area contributed by atoms with Gasteiger partial charge in [-0.2, -0.15) is 0 Å². The van der Waals surface area contributed by atoms with E-state index >= 15 is 0 Å². The molecule has 2 N–H and O–H groups in total. The highest BCUT2D eigenvalue weighted by Crippen LogP contribution is 2.23. The Morgan fingerprint density at radius 1 is 1.25 bits per heavy atom. The van der Waals surface area contributed by atoms with Crippen LogP contribution in [-0.2, 0) is 16.1 Å². The van der Waals surface area contributed by atoms with E-state index in [1.54, 1.807) is 23.5 Å². The number of para-hydroxylation sites is 2. The lowest BCUT2D eigenvalue weighted by Crippen LogP contribution is -2.10. The summed E-state index contributed by atoms with van der Waals surface area (Å²) in [6.45, 7) is 0.545. The molecule has 0 unspecified atom stereocenters. The number of carbonyl (C=O) groups excluding carboxylic acids is 1. The monoisotopic (exact) mass is 355 g/mol. The standard InChI is InChI=1S/C14H14BrNO3S/c15-13-6-5-10(20-13)9-19-14(17)7-8-18-12-4-2-1-3-11(12)16/h1-6H,7-9,16H2. The molecule has 0 aliphatic heterocycles. The Morgan fingerprint density at radius 3 is 2.75 bits per heavy atom. The minimum atomic E-state index is -0.288. The van der Waals surface area contributed by atoms with Crippen molar-refractivity contribution in [1.29, 1.82) is 0 Å². The van der Waals surface area contributed by atoms with Gasteiger partial charge in [0.2, 0.25) is 0 Å². The maximum atomic E-state index is 11.6. The van der Waals surface area contributed by atoms with E-state index < -0.39 is 0 Å². The molecule has 1 aromatic carbocycles. The van der Waals surface area contributed by atoms with E-state index in [-0.39, 0.29) is 19.0 Å². The molecule has 0 fully saturated rings. The van der Waals surface area contributed by atoms with Gasteiger partial charge in [-0.3, -0.25) is 4.79 Å². The number of hydrogen-bond donors (Lipinski definition) is 1. The number of nitrogens with two attached hydrogens (primary N) is 1. The van der Waals surface area contributed by atoms with Gasteiger partial charge in [0.25, 0.3) is 0 Å². The number of nitrogen functional groups attached to an aromatic ring is 1. The Labute approximate surface area is 129 Å². The summed E-state index contributed by atoms with van der Waals surface area (Å²) < 4.78 is 11.6. The maximum Gasteiger partial charge on any atom is 0.309 e. The van der Waals surface area contributed by atoms with Gasteiger partial charge in [-0.15, -0.1) is 11.3 Å².